The lowest BCUT2D eigenvalue weighted by Gasteiger charge is -2.33. The van der Waals surface area contributed by atoms with E-state index in [-0.39, 0.29) is 17.9 Å². The Balaban J connectivity index is 2.01. The minimum Gasteiger partial charge on any atom is -0.381 e. The van der Waals surface area contributed by atoms with Crippen molar-refractivity contribution < 1.29 is 9.53 Å². The molecule has 1 amide bonds. The largest absolute Gasteiger partial charge is 0.381 e. The van der Waals surface area contributed by atoms with Crippen molar-refractivity contribution >= 4 is 17.9 Å². The standard InChI is InChI=1S/C12H19NO2S/c1-9(2)12(14)13-11(5-8-16-13)10-3-6-15-7-4-10/h5,8-11H,3-4,6-7H2,1-2H3. The average Bonchev–Trinajstić information content (AvgIpc) is 2.77. The van der Waals surface area contributed by atoms with E-state index in [1.54, 1.807) is 11.9 Å². The average molecular weight is 241 g/mol. The predicted molar refractivity (Wildman–Crippen MR) is 65.7 cm³/mol. The molecule has 16 heavy (non-hydrogen) atoms. The van der Waals surface area contributed by atoms with Crippen molar-refractivity contribution in [1.82, 2.24) is 4.31 Å². The molecule has 2 aliphatic rings. The molecule has 0 spiro atoms. The number of carbonyl (C=O) groups excluding carboxylic acids is 1. The molecule has 0 aromatic heterocycles. The van der Waals surface area contributed by atoms with Gasteiger partial charge in [0.1, 0.15) is 0 Å². The van der Waals surface area contributed by atoms with Crippen LogP contribution in [-0.2, 0) is 9.53 Å². The number of rotatable bonds is 2. The third-order valence-electron chi connectivity index (χ3n) is 3.18. The molecular weight excluding hydrogens is 222 g/mol. The van der Waals surface area contributed by atoms with Crippen LogP contribution in [0.5, 0.6) is 0 Å². The van der Waals surface area contributed by atoms with Crippen LogP contribution in [-0.4, -0.2) is 29.5 Å². The molecule has 2 rings (SSSR count). The van der Waals surface area contributed by atoms with Gasteiger partial charge in [-0.1, -0.05) is 19.9 Å². The smallest absolute Gasteiger partial charge is 0.235 e. The topological polar surface area (TPSA) is 29.5 Å². The van der Waals surface area contributed by atoms with Gasteiger partial charge in [-0.3, -0.25) is 9.10 Å². The molecule has 90 valence electrons. The van der Waals surface area contributed by atoms with Gasteiger partial charge in [-0.2, -0.15) is 0 Å². The summed E-state index contributed by atoms with van der Waals surface area (Å²) < 4.78 is 7.31. The molecule has 1 atom stereocenters. The minimum atomic E-state index is 0.0785. The van der Waals surface area contributed by atoms with Crippen molar-refractivity contribution in [3.05, 3.63) is 11.5 Å². The Morgan fingerprint density at radius 2 is 2.12 bits per heavy atom. The van der Waals surface area contributed by atoms with Crippen molar-refractivity contribution in [3.8, 4) is 0 Å². The molecule has 0 aromatic carbocycles. The van der Waals surface area contributed by atoms with Gasteiger partial charge >= 0.3 is 0 Å². The monoisotopic (exact) mass is 241 g/mol. The van der Waals surface area contributed by atoms with Crippen LogP contribution in [0.25, 0.3) is 0 Å². The molecular formula is C12H19NO2S. The molecule has 2 aliphatic heterocycles. The Labute approximate surface area is 101 Å². The zero-order valence-electron chi connectivity index (χ0n) is 9.89. The molecule has 0 bridgehead atoms. The van der Waals surface area contributed by atoms with E-state index in [4.69, 9.17) is 4.74 Å². The van der Waals surface area contributed by atoms with E-state index in [1.807, 2.05) is 23.6 Å². The number of amides is 1. The molecule has 2 heterocycles. The van der Waals surface area contributed by atoms with Gasteiger partial charge in [-0.15, -0.1) is 0 Å². The highest BCUT2D eigenvalue weighted by molar-refractivity contribution is 8.00. The first-order valence-electron chi connectivity index (χ1n) is 5.94. The van der Waals surface area contributed by atoms with Crippen molar-refractivity contribution in [2.24, 2.45) is 11.8 Å². The van der Waals surface area contributed by atoms with Crippen LogP contribution in [0, 0.1) is 11.8 Å². The minimum absolute atomic E-state index is 0.0785. The summed E-state index contributed by atoms with van der Waals surface area (Å²) in [6, 6.07) is 0.281. The second-order valence-corrected chi connectivity index (χ2v) is 5.57. The van der Waals surface area contributed by atoms with Crippen molar-refractivity contribution in [3.63, 3.8) is 0 Å². The Kier molecular flexibility index (Phi) is 3.92. The molecule has 1 fully saturated rings. The van der Waals surface area contributed by atoms with Gasteiger partial charge in [0.15, 0.2) is 0 Å². The molecule has 3 nitrogen and oxygen atoms in total. The highest BCUT2D eigenvalue weighted by Crippen LogP contribution is 2.34. The number of hydrogen-bond acceptors (Lipinski definition) is 3. The Bertz CT molecular complexity index is 285. The molecule has 0 radical (unpaired) electrons. The van der Waals surface area contributed by atoms with Crippen LogP contribution in [0.15, 0.2) is 11.5 Å². The van der Waals surface area contributed by atoms with Crippen molar-refractivity contribution in [1.29, 1.82) is 0 Å². The maximum absolute atomic E-state index is 12.0. The van der Waals surface area contributed by atoms with E-state index < -0.39 is 0 Å². The zero-order chi connectivity index (χ0) is 11.5. The summed E-state index contributed by atoms with van der Waals surface area (Å²) in [7, 11) is 0. The molecule has 4 heteroatoms. The van der Waals surface area contributed by atoms with E-state index in [9.17, 15) is 4.79 Å². The van der Waals surface area contributed by atoms with E-state index in [2.05, 4.69) is 6.08 Å². The number of carbonyl (C=O) groups is 1. The first-order valence-corrected chi connectivity index (χ1v) is 6.78. The molecule has 1 saturated heterocycles. The molecule has 0 saturated carbocycles. The number of hydrogen-bond donors (Lipinski definition) is 0. The van der Waals surface area contributed by atoms with Gasteiger partial charge in [0.2, 0.25) is 5.91 Å². The third kappa shape index (κ3) is 2.43. The van der Waals surface area contributed by atoms with Crippen LogP contribution in [0.3, 0.4) is 0 Å². The highest BCUT2D eigenvalue weighted by atomic mass is 32.2. The van der Waals surface area contributed by atoms with E-state index in [0.717, 1.165) is 26.1 Å². The maximum Gasteiger partial charge on any atom is 0.235 e. The van der Waals surface area contributed by atoms with Crippen LogP contribution in [0.2, 0.25) is 0 Å². The Hall–Kier alpha value is -0.480. The van der Waals surface area contributed by atoms with Gasteiger partial charge in [0.25, 0.3) is 0 Å². The summed E-state index contributed by atoms with van der Waals surface area (Å²) >= 11 is 1.54. The van der Waals surface area contributed by atoms with E-state index >= 15 is 0 Å². The summed E-state index contributed by atoms with van der Waals surface area (Å²) in [5.41, 5.74) is 0. The lowest BCUT2D eigenvalue weighted by atomic mass is 9.91. The summed E-state index contributed by atoms with van der Waals surface area (Å²) in [5, 5.41) is 2.04. The fourth-order valence-corrected chi connectivity index (χ4v) is 3.25. The summed E-state index contributed by atoms with van der Waals surface area (Å²) in [5.74, 6) is 0.893. The summed E-state index contributed by atoms with van der Waals surface area (Å²) in [4.78, 5) is 12.0. The van der Waals surface area contributed by atoms with Gasteiger partial charge in [-0.05, 0) is 36.1 Å². The van der Waals surface area contributed by atoms with Crippen LogP contribution >= 0.6 is 11.9 Å². The fraction of sp³-hybridized carbons (Fsp3) is 0.750. The Morgan fingerprint density at radius 1 is 1.44 bits per heavy atom. The van der Waals surface area contributed by atoms with E-state index in [1.165, 1.54) is 0 Å². The zero-order valence-corrected chi connectivity index (χ0v) is 10.7. The van der Waals surface area contributed by atoms with Crippen LogP contribution in [0.1, 0.15) is 26.7 Å². The van der Waals surface area contributed by atoms with Crippen LogP contribution < -0.4 is 0 Å². The van der Waals surface area contributed by atoms with Crippen molar-refractivity contribution in [2.45, 2.75) is 32.7 Å². The lowest BCUT2D eigenvalue weighted by molar-refractivity contribution is -0.131. The second kappa shape index (κ2) is 5.23. The predicted octanol–water partition coefficient (Wildman–Crippen LogP) is 2.44. The fourth-order valence-electron chi connectivity index (χ4n) is 2.19. The Morgan fingerprint density at radius 3 is 2.75 bits per heavy atom. The molecule has 1 unspecified atom stereocenters. The van der Waals surface area contributed by atoms with Gasteiger partial charge < -0.3 is 4.74 Å². The molecule has 0 aromatic rings. The first kappa shape index (κ1) is 12.0. The van der Waals surface area contributed by atoms with E-state index in [0.29, 0.717) is 5.92 Å². The van der Waals surface area contributed by atoms with Gasteiger partial charge in [0.05, 0.1) is 6.04 Å². The molecule has 0 aliphatic carbocycles. The highest BCUT2D eigenvalue weighted by Gasteiger charge is 2.34. The van der Waals surface area contributed by atoms with Crippen LogP contribution in [0.4, 0.5) is 0 Å². The SMILES string of the molecule is CC(C)C(=O)N1SC=CC1C1CCOCC1. The first-order chi connectivity index (χ1) is 7.70. The number of ether oxygens (including phenoxy) is 1. The summed E-state index contributed by atoms with van der Waals surface area (Å²) in [6.07, 6.45) is 4.30. The maximum atomic E-state index is 12.0. The van der Waals surface area contributed by atoms with Crippen molar-refractivity contribution in [2.75, 3.05) is 13.2 Å². The second-order valence-electron chi connectivity index (χ2n) is 4.69. The normalized spacial score (nSPS) is 26.7. The summed E-state index contributed by atoms with van der Waals surface area (Å²) in [6.45, 7) is 5.59. The number of nitrogens with zero attached hydrogens (tertiary/aromatic N) is 1. The quantitative estimate of drug-likeness (QED) is 0.695. The third-order valence-corrected chi connectivity index (χ3v) is 4.11. The molecule has 0 N–H and O–H groups in total. The van der Waals surface area contributed by atoms with Gasteiger partial charge in [-0.25, -0.2) is 0 Å². The lowest BCUT2D eigenvalue weighted by Crippen LogP contribution is -2.40. The van der Waals surface area contributed by atoms with Gasteiger partial charge in [0, 0.05) is 19.1 Å².